The van der Waals surface area contributed by atoms with Crippen LogP contribution in [0.3, 0.4) is 0 Å². The van der Waals surface area contributed by atoms with Crippen LogP contribution in [0.15, 0.2) is 82.6 Å². The van der Waals surface area contributed by atoms with Crippen LogP contribution in [0.1, 0.15) is 22.8 Å². The Hall–Kier alpha value is -4.95. The normalized spacial score (nSPS) is 26.5. The number of H-pyrrole nitrogens is 1. The number of hydrogen-bond acceptors (Lipinski definition) is 10. The van der Waals surface area contributed by atoms with Crippen LogP contribution in [0.25, 0.3) is 0 Å². The lowest BCUT2D eigenvalue weighted by Crippen LogP contribution is -2.42. The minimum absolute atomic E-state index is 0.00703. The fraction of sp³-hybridized carbons (Fsp3) is 0.294. The summed E-state index contributed by atoms with van der Waals surface area (Å²) >= 11 is 2.75. The second kappa shape index (κ2) is 11.6. The molecular weight excluding hydrogens is 657 g/mol. The fourth-order valence-corrected chi connectivity index (χ4v) is 11.1. The summed E-state index contributed by atoms with van der Waals surface area (Å²) in [6.07, 6.45) is 0.723. The van der Waals surface area contributed by atoms with Crippen LogP contribution < -0.4 is 24.6 Å². The van der Waals surface area contributed by atoms with Crippen molar-refractivity contribution in [2.45, 2.75) is 22.6 Å². The smallest absolute Gasteiger partial charge is 0.305 e. The average Bonchev–Trinajstić information content (AvgIpc) is 3.83. The van der Waals surface area contributed by atoms with E-state index in [2.05, 4.69) is 10.3 Å². The lowest BCUT2D eigenvalue weighted by molar-refractivity contribution is -0.384. The van der Waals surface area contributed by atoms with Gasteiger partial charge in [0, 0.05) is 33.9 Å². The maximum atomic E-state index is 14.0. The Morgan fingerprint density at radius 1 is 1.00 bits per heavy atom. The van der Waals surface area contributed by atoms with Crippen molar-refractivity contribution >= 4 is 57.9 Å². The molecule has 48 heavy (non-hydrogen) atoms. The number of aromatic amines is 1. The van der Waals surface area contributed by atoms with E-state index < -0.39 is 16.8 Å². The zero-order chi connectivity index (χ0) is 33.3. The molecule has 12 nitrogen and oxygen atoms in total. The summed E-state index contributed by atoms with van der Waals surface area (Å²) in [5, 5.41) is 14.8. The quantitative estimate of drug-likeness (QED) is 0.147. The minimum Gasteiger partial charge on any atom is -0.497 e. The van der Waals surface area contributed by atoms with Gasteiger partial charge in [-0.25, -0.2) is 0 Å². The SMILES string of the molecule is COc1ccc(NC(=O)COc2cccc([C@H]3c4sc(=O)[nH]c4SC4C5CC(C6C(=O)N(c7ccc([N+](=O)[O-])cc7)C(=O)C56)C43)c2)cc1. The molecule has 2 saturated carbocycles. The standard InChI is InChI=1S/C34H28N4O8S2/c1-45-20-11-5-17(6-12-20)35-24(39)15-46-21-4-2-3-16(13-21)25-26-22-14-23(29(26)47-31-30(25)48-34(42)36-31)28-27(22)32(40)37(33(28)41)18-7-9-19(10-8-18)38(43)44/h2-13,22-23,25-29H,14-15H2,1H3,(H,35,39)(H,36,42)/t22?,23?,25-,26?,27?,28?,29?/m1/s1. The predicted octanol–water partition coefficient (Wildman–Crippen LogP) is 5.05. The van der Waals surface area contributed by atoms with Gasteiger partial charge in [0.15, 0.2) is 6.61 Å². The summed E-state index contributed by atoms with van der Waals surface area (Å²) in [5.74, 6) is -1.13. The number of hydrogen-bond donors (Lipinski definition) is 2. The third-order valence-electron chi connectivity index (χ3n) is 10.0. The Morgan fingerprint density at radius 3 is 2.44 bits per heavy atom. The molecule has 1 aromatic heterocycles. The lowest BCUT2D eigenvalue weighted by atomic mass is 9.68. The van der Waals surface area contributed by atoms with Crippen LogP contribution in [0.5, 0.6) is 11.5 Å². The molecule has 2 bridgehead atoms. The first-order valence-corrected chi connectivity index (χ1v) is 17.1. The van der Waals surface area contributed by atoms with Crippen LogP contribution >= 0.6 is 23.1 Å². The molecule has 3 heterocycles. The number of methoxy groups -OCH3 is 1. The second-order valence-corrected chi connectivity index (χ2v) is 14.6. The number of carbonyl (C=O) groups is 3. The first-order valence-electron chi connectivity index (χ1n) is 15.4. The number of carbonyl (C=O) groups excluding carboxylic acids is 3. The summed E-state index contributed by atoms with van der Waals surface area (Å²) in [4.78, 5) is 68.7. The number of anilines is 2. The molecule has 244 valence electrons. The van der Waals surface area contributed by atoms with Crippen molar-refractivity contribution in [3.05, 3.63) is 103 Å². The van der Waals surface area contributed by atoms with Gasteiger partial charge in [-0.3, -0.25) is 34.2 Å². The van der Waals surface area contributed by atoms with E-state index in [9.17, 15) is 29.3 Å². The maximum absolute atomic E-state index is 14.0. The topological polar surface area (TPSA) is 161 Å². The van der Waals surface area contributed by atoms with E-state index in [1.165, 1.54) is 29.2 Å². The number of rotatable bonds is 8. The Balaban J connectivity index is 1.06. The van der Waals surface area contributed by atoms with Crippen molar-refractivity contribution in [1.29, 1.82) is 0 Å². The van der Waals surface area contributed by atoms with Crippen molar-refractivity contribution in [1.82, 2.24) is 4.98 Å². The number of ether oxygens (including phenoxy) is 2. The summed E-state index contributed by atoms with van der Waals surface area (Å²) < 4.78 is 11.1. The molecule has 2 N–H and O–H groups in total. The molecule has 0 radical (unpaired) electrons. The van der Waals surface area contributed by atoms with Crippen molar-refractivity contribution in [3.63, 3.8) is 0 Å². The molecule has 1 saturated heterocycles. The van der Waals surface area contributed by atoms with Crippen LogP contribution in [0.2, 0.25) is 0 Å². The Bertz CT molecular complexity index is 2030. The predicted molar refractivity (Wildman–Crippen MR) is 178 cm³/mol. The van der Waals surface area contributed by atoms with Gasteiger partial charge in [-0.05, 0) is 78.3 Å². The first-order chi connectivity index (χ1) is 23.2. The highest BCUT2D eigenvalue weighted by atomic mass is 32.2. The summed E-state index contributed by atoms with van der Waals surface area (Å²) in [5.41, 5.74) is 1.73. The third-order valence-corrected chi connectivity index (χ3v) is 12.6. The molecular formula is C34H28N4O8S2. The summed E-state index contributed by atoms with van der Waals surface area (Å²) in [7, 11) is 1.57. The number of non-ortho nitro benzene ring substituents is 1. The van der Waals surface area contributed by atoms with Crippen molar-refractivity contribution in [2.75, 3.05) is 23.9 Å². The number of aromatic nitrogens is 1. The zero-order valence-corrected chi connectivity index (χ0v) is 27.0. The molecule has 0 spiro atoms. The van der Waals surface area contributed by atoms with Gasteiger partial charge in [0.25, 0.3) is 11.6 Å². The van der Waals surface area contributed by atoms with Gasteiger partial charge in [0.2, 0.25) is 11.8 Å². The van der Waals surface area contributed by atoms with Crippen molar-refractivity contribution in [2.24, 2.45) is 29.6 Å². The van der Waals surface area contributed by atoms with E-state index in [0.29, 0.717) is 22.9 Å². The molecule has 14 heteroatoms. The molecule has 3 aromatic carbocycles. The highest BCUT2D eigenvalue weighted by Gasteiger charge is 2.69. The van der Waals surface area contributed by atoms with E-state index in [4.69, 9.17) is 9.47 Å². The lowest BCUT2D eigenvalue weighted by Gasteiger charge is -2.43. The minimum atomic E-state index is -0.519. The first kappa shape index (κ1) is 30.4. The second-order valence-electron chi connectivity index (χ2n) is 12.4. The third kappa shape index (κ3) is 4.89. The number of amides is 3. The van der Waals surface area contributed by atoms with Crippen molar-refractivity contribution < 1.29 is 28.8 Å². The number of imide groups is 1. The van der Waals surface area contributed by atoms with Gasteiger partial charge in [-0.2, -0.15) is 0 Å². The zero-order valence-electron chi connectivity index (χ0n) is 25.4. The van der Waals surface area contributed by atoms with Gasteiger partial charge >= 0.3 is 4.87 Å². The van der Waals surface area contributed by atoms with Crippen molar-refractivity contribution in [3.8, 4) is 11.5 Å². The van der Waals surface area contributed by atoms with E-state index in [1.54, 1.807) is 49.2 Å². The summed E-state index contributed by atoms with van der Waals surface area (Å²) in [6, 6.07) is 20.0. The number of thioether (sulfide) groups is 1. The largest absolute Gasteiger partial charge is 0.497 e. The highest BCUT2D eigenvalue weighted by Crippen LogP contribution is 2.68. The fourth-order valence-electron chi connectivity index (χ4n) is 8.19. The molecule has 2 aliphatic carbocycles. The number of benzene rings is 3. The van der Waals surface area contributed by atoms with E-state index in [0.717, 1.165) is 33.2 Å². The van der Waals surface area contributed by atoms with Gasteiger partial charge in [0.05, 0.1) is 34.6 Å². The molecule has 8 rings (SSSR count). The number of fused-ring (bicyclic) bond motifs is 9. The maximum Gasteiger partial charge on any atom is 0.305 e. The molecule has 3 fully saturated rings. The highest BCUT2D eigenvalue weighted by molar-refractivity contribution is 8.00. The van der Waals surface area contributed by atoms with Gasteiger partial charge in [-0.1, -0.05) is 23.5 Å². The number of thiazole rings is 1. The molecule has 3 amide bonds. The number of nitro groups is 1. The molecule has 6 unspecified atom stereocenters. The molecule has 2 aliphatic heterocycles. The average molecular weight is 685 g/mol. The Kier molecular flexibility index (Phi) is 7.36. The van der Waals surface area contributed by atoms with E-state index in [-0.39, 0.29) is 63.8 Å². The number of nitro benzene ring substituents is 1. The summed E-state index contributed by atoms with van der Waals surface area (Å²) in [6.45, 7) is -0.214. The molecule has 4 aliphatic rings. The Morgan fingerprint density at radius 2 is 1.73 bits per heavy atom. The van der Waals surface area contributed by atoms with Crippen LogP contribution in [0.4, 0.5) is 17.1 Å². The van der Waals surface area contributed by atoms with Gasteiger partial charge in [0.1, 0.15) is 11.5 Å². The monoisotopic (exact) mass is 684 g/mol. The van der Waals surface area contributed by atoms with E-state index >= 15 is 0 Å². The number of nitrogens with one attached hydrogen (secondary N) is 2. The van der Waals surface area contributed by atoms with E-state index in [1.807, 2.05) is 18.2 Å². The van der Waals surface area contributed by atoms with Crippen LogP contribution in [0, 0.1) is 39.7 Å². The van der Waals surface area contributed by atoms with Gasteiger partial charge in [-0.15, -0.1) is 11.8 Å². The van der Waals surface area contributed by atoms with Crippen LogP contribution in [-0.4, -0.2) is 46.6 Å². The molecule has 4 aromatic rings. The Labute approximate surface area is 281 Å². The molecule has 7 atom stereocenters. The van der Waals surface area contributed by atoms with Crippen LogP contribution in [-0.2, 0) is 14.4 Å². The number of nitrogens with zero attached hydrogens (tertiary/aromatic N) is 2. The van der Waals surface area contributed by atoms with Gasteiger partial charge < -0.3 is 19.8 Å².